The minimum absolute atomic E-state index is 0.283. The summed E-state index contributed by atoms with van der Waals surface area (Å²) in [5.41, 5.74) is 0. The van der Waals surface area contributed by atoms with E-state index >= 15 is 0 Å². The number of hydrogen-bond acceptors (Lipinski definition) is 4. The summed E-state index contributed by atoms with van der Waals surface area (Å²) >= 11 is 0. The SMILES string of the molecule is O=S(=O)(c1ccc(OCC#CC2CC2)cc1)N1CCOCC1. The highest BCUT2D eigenvalue weighted by atomic mass is 32.2. The fourth-order valence-corrected chi connectivity index (χ4v) is 3.58. The van der Waals surface area contributed by atoms with Crippen LogP contribution in [0, 0.1) is 17.8 Å². The standard InChI is InChI=1S/C16H19NO4S/c18-22(19,17-9-12-20-13-10-17)16-7-5-15(6-8-16)21-11-1-2-14-3-4-14/h5-8,14H,3-4,9-13H2. The largest absolute Gasteiger partial charge is 0.481 e. The lowest BCUT2D eigenvalue weighted by molar-refractivity contribution is 0.0730. The highest BCUT2D eigenvalue weighted by Crippen LogP contribution is 2.27. The summed E-state index contributed by atoms with van der Waals surface area (Å²) in [6.07, 6.45) is 2.39. The fourth-order valence-electron chi connectivity index (χ4n) is 2.18. The zero-order valence-electron chi connectivity index (χ0n) is 12.3. The van der Waals surface area contributed by atoms with Gasteiger partial charge in [-0.15, -0.1) is 0 Å². The topological polar surface area (TPSA) is 55.8 Å². The number of nitrogens with zero attached hydrogens (tertiary/aromatic N) is 1. The van der Waals surface area contributed by atoms with Gasteiger partial charge in [-0.3, -0.25) is 0 Å². The third kappa shape index (κ3) is 3.80. The molecular weight excluding hydrogens is 302 g/mol. The molecule has 6 heteroatoms. The van der Waals surface area contributed by atoms with Gasteiger partial charge in [0.25, 0.3) is 0 Å². The van der Waals surface area contributed by atoms with Crippen LogP contribution in [0.3, 0.4) is 0 Å². The van der Waals surface area contributed by atoms with Crippen LogP contribution in [0.25, 0.3) is 0 Å². The minimum atomic E-state index is -3.44. The van der Waals surface area contributed by atoms with Gasteiger partial charge < -0.3 is 9.47 Å². The van der Waals surface area contributed by atoms with Crippen LogP contribution in [0.2, 0.25) is 0 Å². The molecule has 3 rings (SSSR count). The Hall–Kier alpha value is -1.55. The smallest absolute Gasteiger partial charge is 0.243 e. The van der Waals surface area contributed by atoms with E-state index in [4.69, 9.17) is 9.47 Å². The molecule has 0 radical (unpaired) electrons. The van der Waals surface area contributed by atoms with Crippen molar-refractivity contribution in [2.75, 3.05) is 32.9 Å². The molecule has 1 aliphatic heterocycles. The summed E-state index contributed by atoms with van der Waals surface area (Å²) in [5, 5.41) is 0. The predicted molar refractivity (Wildman–Crippen MR) is 82.0 cm³/mol. The van der Waals surface area contributed by atoms with Crippen LogP contribution in [0.5, 0.6) is 5.75 Å². The molecule has 0 N–H and O–H groups in total. The summed E-state index contributed by atoms with van der Waals surface area (Å²) in [5.74, 6) is 7.29. The highest BCUT2D eigenvalue weighted by Gasteiger charge is 2.26. The van der Waals surface area contributed by atoms with Gasteiger partial charge in [0.15, 0.2) is 0 Å². The van der Waals surface area contributed by atoms with Crippen molar-refractivity contribution >= 4 is 10.0 Å². The average molecular weight is 321 g/mol. The molecule has 1 aromatic carbocycles. The van der Waals surface area contributed by atoms with Crippen LogP contribution in [-0.4, -0.2) is 45.6 Å². The number of sulfonamides is 1. The lowest BCUT2D eigenvalue weighted by atomic mass is 10.3. The second-order valence-electron chi connectivity index (χ2n) is 5.37. The Morgan fingerprint density at radius 1 is 1.18 bits per heavy atom. The fraction of sp³-hybridized carbons (Fsp3) is 0.500. The van der Waals surface area contributed by atoms with E-state index < -0.39 is 10.0 Å². The Balaban J connectivity index is 1.61. The maximum absolute atomic E-state index is 12.4. The van der Waals surface area contributed by atoms with E-state index in [0.29, 0.717) is 44.6 Å². The van der Waals surface area contributed by atoms with Gasteiger partial charge in [-0.1, -0.05) is 11.8 Å². The monoisotopic (exact) mass is 321 g/mol. The van der Waals surface area contributed by atoms with E-state index in [1.54, 1.807) is 24.3 Å². The second kappa shape index (κ2) is 6.69. The lowest BCUT2D eigenvalue weighted by Gasteiger charge is -2.26. The molecule has 5 nitrogen and oxygen atoms in total. The van der Waals surface area contributed by atoms with E-state index in [2.05, 4.69) is 11.8 Å². The van der Waals surface area contributed by atoms with Crippen LogP contribution >= 0.6 is 0 Å². The van der Waals surface area contributed by atoms with E-state index in [1.807, 2.05) is 0 Å². The minimum Gasteiger partial charge on any atom is -0.481 e. The molecule has 0 atom stereocenters. The van der Waals surface area contributed by atoms with Gasteiger partial charge in [0.1, 0.15) is 12.4 Å². The molecule has 118 valence electrons. The molecule has 0 unspecified atom stereocenters. The maximum Gasteiger partial charge on any atom is 0.243 e. The number of rotatable bonds is 4. The van der Waals surface area contributed by atoms with Gasteiger partial charge >= 0.3 is 0 Å². The molecule has 0 spiro atoms. The number of ether oxygens (including phenoxy) is 2. The van der Waals surface area contributed by atoms with Gasteiger partial charge in [0, 0.05) is 19.0 Å². The number of benzene rings is 1. The van der Waals surface area contributed by atoms with Crippen LogP contribution in [0.4, 0.5) is 0 Å². The molecule has 1 aromatic rings. The van der Waals surface area contributed by atoms with E-state index in [9.17, 15) is 8.42 Å². The van der Waals surface area contributed by atoms with Crippen LogP contribution in [-0.2, 0) is 14.8 Å². The molecule has 1 heterocycles. The van der Waals surface area contributed by atoms with Crippen molar-refractivity contribution in [2.24, 2.45) is 5.92 Å². The summed E-state index contributed by atoms with van der Waals surface area (Å²) in [6.45, 7) is 2.03. The quantitative estimate of drug-likeness (QED) is 0.789. The number of hydrogen-bond donors (Lipinski definition) is 0. The molecule has 2 aliphatic rings. The predicted octanol–water partition coefficient (Wildman–Crippen LogP) is 1.50. The zero-order valence-corrected chi connectivity index (χ0v) is 13.1. The van der Waals surface area contributed by atoms with Crippen molar-refractivity contribution in [3.05, 3.63) is 24.3 Å². The number of morpholine rings is 1. The lowest BCUT2D eigenvalue weighted by Crippen LogP contribution is -2.40. The normalized spacial score (nSPS) is 19.3. The Kier molecular flexibility index (Phi) is 4.67. The van der Waals surface area contributed by atoms with Gasteiger partial charge in [-0.25, -0.2) is 8.42 Å². The molecule has 0 bridgehead atoms. The molecule has 1 saturated carbocycles. The van der Waals surface area contributed by atoms with Crippen molar-refractivity contribution in [3.8, 4) is 17.6 Å². The molecule has 1 saturated heterocycles. The molecule has 0 amide bonds. The third-order valence-corrected chi connectivity index (χ3v) is 5.54. The van der Waals surface area contributed by atoms with Crippen LogP contribution < -0.4 is 4.74 Å². The average Bonchev–Trinajstić information content (AvgIpc) is 3.37. The highest BCUT2D eigenvalue weighted by molar-refractivity contribution is 7.89. The van der Waals surface area contributed by atoms with Crippen molar-refractivity contribution in [2.45, 2.75) is 17.7 Å². The van der Waals surface area contributed by atoms with Gasteiger partial charge in [-0.05, 0) is 37.1 Å². The maximum atomic E-state index is 12.4. The van der Waals surface area contributed by atoms with Gasteiger partial charge in [-0.2, -0.15) is 4.31 Å². The Labute approximate surface area is 131 Å². The first-order valence-corrected chi connectivity index (χ1v) is 8.89. The van der Waals surface area contributed by atoms with E-state index in [1.165, 1.54) is 17.1 Å². The second-order valence-corrected chi connectivity index (χ2v) is 7.31. The van der Waals surface area contributed by atoms with Gasteiger partial charge in [0.05, 0.1) is 18.1 Å². The van der Waals surface area contributed by atoms with Crippen molar-refractivity contribution in [3.63, 3.8) is 0 Å². The molecule has 2 fully saturated rings. The first kappa shape index (κ1) is 15.3. The van der Waals surface area contributed by atoms with Crippen LogP contribution in [0.15, 0.2) is 29.2 Å². The summed E-state index contributed by atoms with van der Waals surface area (Å²) in [7, 11) is -3.44. The molecule has 0 aromatic heterocycles. The first-order chi connectivity index (χ1) is 10.7. The Bertz CT molecular complexity index is 662. The Morgan fingerprint density at radius 3 is 2.50 bits per heavy atom. The van der Waals surface area contributed by atoms with Gasteiger partial charge in [0.2, 0.25) is 10.0 Å². The van der Waals surface area contributed by atoms with Crippen molar-refractivity contribution in [1.82, 2.24) is 4.31 Å². The molecule has 22 heavy (non-hydrogen) atoms. The summed E-state index contributed by atoms with van der Waals surface area (Å²) in [4.78, 5) is 0.283. The van der Waals surface area contributed by atoms with E-state index in [-0.39, 0.29) is 4.90 Å². The van der Waals surface area contributed by atoms with Crippen LogP contribution in [0.1, 0.15) is 12.8 Å². The summed E-state index contributed by atoms with van der Waals surface area (Å²) < 4.78 is 37.0. The Morgan fingerprint density at radius 2 is 1.86 bits per heavy atom. The first-order valence-electron chi connectivity index (χ1n) is 7.45. The molecule has 1 aliphatic carbocycles. The molecular formula is C16H19NO4S. The zero-order chi connectivity index (χ0) is 15.4. The van der Waals surface area contributed by atoms with E-state index in [0.717, 1.165) is 0 Å². The van der Waals surface area contributed by atoms with Crippen molar-refractivity contribution < 1.29 is 17.9 Å². The van der Waals surface area contributed by atoms with Crippen molar-refractivity contribution in [1.29, 1.82) is 0 Å². The third-order valence-electron chi connectivity index (χ3n) is 3.63. The summed E-state index contributed by atoms with van der Waals surface area (Å²) in [6, 6.07) is 6.50.